The number of hydrogen-bond donors (Lipinski definition) is 1. The van der Waals surface area contributed by atoms with Gasteiger partial charge in [-0.25, -0.2) is 4.79 Å². The van der Waals surface area contributed by atoms with E-state index >= 15 is 0 Å². The Labute approximate surface area is 101 Å². The van der Waals surface area contributed by atoms with Gasteiger partial charge in [-0.15, -0.1) is 0 Å². The molecule has 1 aliphatic heterocycles. The smallest absolute Gasteiger partial charge is 0.294 e. The van der Waals surface area contributed by atoms with Crippen LogP contribution < -0.4 is 10.2 Å². The first-order chi connectivity index (χ1) is 8.20. The topological polar surface area (TPSA) is 49.4 Å². The summed E-state index contributed by atoms with van der Waals surface area (Å²) in [6, 6.07) is 7.59. The molecule has 0 aromatic heterocycles. The predicted molar refractivity (Wildman–Crippen MR) is 65.9 cm³/mol. The average molecular weight is 232 g/mol. The minimum Gasteiger partial charge on any atom is -0.294 e. The molecule has 0 bridgehead atoms. The number of imide groups is 1. The number of benzene rings is 1. The van der Waals surface area contributed by atoms with E-state index in [0.717, 1.165) is 18.5 Å². The van der Waals surface area contributed by atoms with Gasteiger partial charge >= 0.3 is 6.03 Å². The Kier molecular flexibility index (Phi) is 3.42. The third kappa shape index (κ3) is 2.64. The molecule has 4 nitrogen and oxygen atoms in total. The highest BCUT2D eigenvalue weighted by Crippen LogP contribution is 2.18. The number of carbonyl (C=O) groups excluding carboxylic acids is 2. The van der Waals surface area contributed by atoms with Crippen LogP contribution in [-0.2, 0) is 11.2 Å². The highest BCUT2D eigenvalue weighted by molar-refractivity contribution is 6.05. The lowest BCUT2D eigenvalue weighted by atomic mass is 10.1. The molecule has 17 heavy (non-hydrogen) atoms. The highest BCUT2D eigenvalue weighted by atomic mass is 16.2. The zero-order valence-corrected chi connectivity index (χ0v) is 9.90. The predicted octanol–water partition coefficient (Wildman–Crippen LogP) is 2.09. The Morgan fingerprint density at radius 3 is 2.53 bits per heavy atom. The Hall–Kier alpha value is -1.84. The van der Waals surface area contributed by atoms with E-state index in [0.29, 0.717) is 13.0 Å². The fourth-order valence-corrected chi connectivity index (χ4v) is 1.94. The van der Waals surface area contributed by atoms with Crippen LogP contribution in [0.5, 0.6) is 0 Å². The third-order valence-electron chi connectivity index (χ3n) is 2.84. The molecule has 0 atom stereocenters. The van der Waals surface area contributed by atoms with Crippen LogP contribution in [0.4, 0.5) is 10.5 Å². The van der Waals surface area contributed by atoms with E-state index in [2.05, 4.69) is 12.2 Å². The highest BCUT2D eigenvalue weighted by Gasteiger charge is 2.23. The molecule has 1 aromatic carbocycles. The van der Waals surface area contributed by atoms with Gasteiger partial charge in [-0.3, -0.25) is 15.0 Å². The maximum Gasteiger partial charge on any atom is 0.328 e. The lowest BCUT2D eigenvalue weighted by Gasteiger charge is -2.26. The Bertz CT molecular complexity index is 426. The molecule has 1 aliphatic rings. The quantitative estimate of drug-likeness (QED) is 0.867. The summed E-state index contributed by atoms with van der Waals surface area (Å²) >= 11 is 0. The summed E-state index contributed by atoms with van der Waals surface area (Å²) in [5, 5.41) is 2.32. The van der Waals surface area contributed by atoms with Gasteiger partial charge in [-0.1, -0.05) is 25.5 Å². The van der Waals surface area contributed by atoms with Crippen LogP contribution in [0.2, 0.25) is 0 Å². The largest absolute Gasteiger partial charge is 0.328 e. The van der Waals surface area contributed by atoms with Crippen LogP contribution in [0.1, 0.15) is 25.3 Å². The van der Waals surface area contributed by atoms with Crippen molar-refractivity contribution >= 4 is 17.6 Å². The number of nitrogens with one attached hydrogen (secondary N) is 1. The minimum absolute atomic E-state index is 0.200. The molecule has 1 N–H and O–H groups in total. The van der Waals surface area contributed by atoms with Gasteiger partial charge in [0.25, 0.3) is 0 Å². The van der Waals surface area contributed by atoms with Gasteiger partial charge in [-0.05, 0) is 24.1 Å². The molecule has 0 unspecified atom stereocenters. The number of hydrogen-bond acceptors (Lipinski definition) is 2. The molecule has 3 amide bonds. The molecule has 4 heteroatoms. The van der Waals surface area contributed by atoms with Crippen molar-refractivity contribution in [2.45, 2.75) is 26.2 Å². The van der Waals surface area contributed by atoms with E-state index in [4.69, 9.17) is 0 Å². The van der Waals surface area contributed by atoms with Crippen LogP contribution in [0.25, 0.3) is 0 Å². The van der Waals surface area contributed by atoms with Crippen LogP contribution in [0.15, 0.2) is 24.3 Å². The fourth-order valence-electron chi connectivity index (χ4n) is 1.94. The second kappa shape index (κ2) is 4.99. The van der Waals surface area contributed by atoms with Crippen LogP contribution >= 0.6 is 0 Å². The van der Waals surface area contributed by atoms with E-state index in [9.17, 15) is 9.59 Å². The average Bonchev–Trinajstić information content (AvgIpc) is 2.31. The molecule has 1 saturated heterocycles. The maximum atomic E-state index is 11.6. The summed E-state index contributed by atoms with van der Waals surface area (Å²) in [5.74, 6) is -0.200. The van der Waals surface area contributed by atoms with E-state index in [1.54, 1.807) is 4.90 Å². The molecule has 1 aromatic rings. The zero-order chi connectivity index (χ0) is 12.3. The summed E-state index contributed by atoms with van der Waals surface area (Å²) < 4.78 is 0. The zero-order valence-electron chi connectivity index (χ0n) is 9.90. The van der Waals surface area contributed by atoms with E-state index in [1.165, 1.54) is 5.56 Å². The van der Waals surface area contributed by atoms with Crippen molar-refractivity contribution in [1.82, 2.24) is 5.32 Å². The number of amides is 3. The molecule has 0 radical (unpaired) electrons. The lowest BCUT2D eigenvalue weighted by Crippen LogP contribution is -2.49. The van der Waals surface area contributed by atoms with Gasteiger partial charge in [0, 0.05) is 18.7 Å². The van der Waals surface area contributed by atoms with Crippen molar-refractivity contribution in [3.63, 3.8) is 0 Å². The normalized spacial score (nSPS) is 15.9. The van der Waals surface area contributed by atoms with Crippen molar-refractivity contribution in [2.75, 3.05) is 11.4 Å². The summed E-state index contributed by atoms with van der Waals surface area (Å²) in [4.78, 5) is 24.2. The summed E-state index contributed by atoms with van der Waals surface area (Å²) in [6.45, 7) is 2.59. The van der Waals surface area contributed by atoms with Gasteiger partial charge in [0.1, 0.15) is 0 Å². The second-order valence-electron chi connectivity index (χ2n) is 4.17. The van der Waals surface area contributed by atoms with E-state index in [-0.39, 0.29) is 11.9 Å². The number of aryl methyl sites for hydroxylation is 1. The molecule has 0 spiro atoms. The number of nitrogens with zero attached hydrogens (tertiary/aromatic N) is 1. The van der Waals surface area contributed by atoms with E-state index < -0.39 is 0 Å². The Morgan fingerprint density at radius 1 is 1.24 bits per heavy atom. The number of rotatable bonds is 3. The molecule has 0 aliphatic carbocycles. The molecule has 0 saturated carbocycles. The third-order valence-corrected chi connectivity index (χ3v) is 2.84. The van der Waals surface area contributed by atoms with Crippen molar-refractivity contribution in [1.29, 1.82) is 0 Å². The second-order valence-corrected chi connectivity index (χ2v) is 4.17. The van der Waals surface area contributed by atoms with Gasteiger partial charge in [0.2, 0.25) is 5.91 Å². The van der Waals surface area contributed by atoms with Gasteiger partial charge in [0.05, 0.1) is 0 Å². The number of anilines is 1. The molecule has 1 fully saturated rings. The standard InChI is InChI=1S/C13H16N2O2/c1-2-3-10-4-6-11(7-5-10)15-9-8-12(16)14-13(15)17/h4-7H,2-3,8-9H2,1H3,(H,14,16,17). The Balaban J connectivity index is 2.11. The van der Waals surface area contributed by atoms with Crippen molar-refractivity contribution in [3.05, 3.63) is 29.8 Å². The summed E-state index contributed by atoms with van der Waals surface area (Å²) in [6.07, 6.45) is 2.52. The van der Waals surface area contributed by atoms with Crippen molar-refractivity contribution in [3.8, 4) is 0 Å². The van der Waals surface area contributed by atoms with Crippen LogP contribution in [0, 0.1) is 0 Å². The first-order valence-corrected chi connectivity index (χ1v) is 5.91. The first kappa shape index (κ1) is 11.6. The molecular formula is C13H16N2O2. The summed E-state index contributed by atoms with van der Waals surface area (Å²) in [7, 11) is 0. The molecule has 2 rings (SSSR count). The first-order valence-electron chi connectivity index (χ1n) is 5.91. The van der Waals surface area contributed by atoms with E-state index in [1.807, 2.05) is 24.3 Å². The number of carbonyl (C=O) groups is 2. The Morgan fingerprint density at radius 2 is 1.94 bits per heavy atom. The summed E-state index contributed by atoms with van der Waals surface area (Å²) in [5.41, 5.74) is 2.11. The molecular weight excluding hydrogens is 216 g/mol. The molecule has 1 heterocycles. The maximum absolute atomic E-state index is 11.6. The van der Waals surface area contributed by atoms with Crippen molar-refractivity contribution < 1.29 is 9.59 Å². The lowest BCUT2D eigenvalue weighted by molar-refractivity contribution is -0.120. The molecule has 90 valence electrons. The minimum atomic E-state index is -0.329. The monoisotopic (exact) mass is 232 g/mol. The number of urea groups is 1. The van der Waals surface area contributed by atoms with Gasteiger partial charge in [0.15, 0.2) is 0 Å². The van der Waals surface area contributed by atoms with Gasteiger partial charge in [-0.2, -0.15) is 0 Å². The van der Waals surface area contributed by atoms with Crippen LogP contribution in [-0.4, -0.2) is 18.5 Å². The SMILES string of the molecule is CCCc1ccc(N2CCC(=O)NC2=O)cc1. The fraction of sp³-hybridized carbons (Fsp3) is 0.385. The van der Waals surface area contributed by atoms with Crippen molar-refractivity contribution in [2.24, 2.45) is 0 Å². The van der Waals surface area contributed by atoms with Crippen LogP contribution in [0.3, 0.4) is 0 Å². The van der Waals surface area contributed by atoms with Gasteiger partial charge < -0.3 is 0 Å².